The molecule has 0 radical (unpaired) electrons. The van der Waals surface area contributed by atoms with Gasteiger partial charge < -0.3 is 9.64 Å². The average molecular weight is 438 g/mol. The van der Waals surface area contributed by atoms with Crippen LogP contribution in [0.15, 0.2) is 97.6 Å². The Morgan fingerprint density at radius 3 is 2.52 bits per heavy atom. The smallest absolute Gasteiger partial charge is 0.228 e. The van der Waals surface area contributed by atoms with E-state index in [1.807, 2.05) is 47.4 Å². The van der Waals surface area contributed by atoms with Crippen molar-refractivity contribution >= 4 is 22.4 Å². The van der Waals surface area contributed by atoms with Crippen molar-refractivity contribution in [1.82, 2.24) is 0 Å². The molecule has 4 aromatic carbocycles. The van der Waals surface area contributed by atoms with E-state index in [0.717, 1.165) is 27.6 Å². The monoisotopic (exact) mass is 437 g/mol. The predicted molar refractivity (Wildman–Crippen MR) is 130 cm³/mol. The lowest BCUT2D eigenvalue weighted by Gasteiger charge is -2.35. The van der Waals surface area contributed by atoms with Crippen molar-refractivity contribution in [2.75, 3.05) is 11.4 Å². The van der Waals surface area contributed by atoms with Gasteiger partial charge in [0.1, 0.15) is 18.2 Å². The minimum Gasteiger partial charge on any atom is -0.489 e. The van der Waals surface area contributed by atoms with Crippen molar-refractivity contribution in [3.8, 4) is 5.75 Å². The first-order valence-corrected chi connectivity index (χ1v) is 11.0. The molecule has 5 rings (SSSR count). The average Bonchev–Trinajstić information content (AvgIpc) is 2.85. The SMILES string of the molecule is C=CCN1C(=O)CC(c2ccc(OCc3ccccc3F)cc2)c2c1ccc1ccccc21. The molecule has 33 heavy (non-hydrogen) atoms. The summed E-state index contributed by atoms with van der Waals surface area (Å²) in [6, 6.07) is 26.8. The highest BCUT2D eigenvalue weighted by Gasteiger charge is 2.33. The number of hydrogen-bond acceptors (Lipinski definition) is 2. The molecular formula is C29H24FNO2. The molecule has 0 spiro atoms. The van der Waals surface area contributed by atoms with Crippen molar-refractivity contribution in [2.24, 2.45) is 0 Å². The maximum Gasteiger partial charge on any atom is 0.228 e. The molecular weight excluding hydrogens is 413 g/mol. The number of anilines is 1. The highest BCUT2D eigenvalue weighted by atomic mass is 19.1. The Balaban J connectivity index is 1.48. The summed E-state index contributed by atoms with van der Waals surface area (Å²) < 4.78 is 19.7. The molecule has 1 aliphatic heterocycles. The summed E-state index contributed by atoms with van der Waals surface area (Å²) in [6.45, 7) is 4.48. The molecule has 4 heteroatoms. The van der Waals surface area contributed by atoms with Gasteiger partial charge in [0.15, 0.2) is 0 Å². The summed E-state index contributed by atoms with van der Waals surface area (Å²) >= 11 is 0. The van der Waals surface area contributed by atoms with E-state index >= 15 is 0 Å². The van der Waals surface area contributed by atoms with Crippen LogP contribution >= 0.6 is 0 Å². The Morgan fingerprint density at radius 1 is 0.970 bits per heavy atom. The van der Waals surface area contributed by atoms with Crippen LogP contribution in [0, 0.1) is 5.82 Å². The molecule has 1 amide bonds. The molecule has 0 aromatic heterocycles. The van der Waals surface area contributed by atoms with Crippen molar-refractivity contribution in [3.05, 3.63) is 120 Å². The summed E-state index contributed by atoms with van der Waals surface area (Å²) in [5.74, 6) is 0.417. The van der Waals surface area contributed by atoms with E-state index in [-0.39, 0.29) is 24.2 Å². The van der Waals surface area contributed by atoms with Gasteiger partial charge in [-0.3, -0.25) is 4.79 Å². The third kappa shape index (κ3) is 4.00. The number of benzene rings is 4. The zero-order valence-corrected chi connectivity index (χ0v) is 18.2. The highest BCUT2D eigenvalue weighted by Crippen LogP contribution is 2.44. The zero-order chi connectivity index (χ0) is 22.8. The molecule has 1 unspecified atom stereocenters. The van der Waals surface area contributed by atoms with Crippen LogP contribution in [0.5, 0.6) is 5.75 Å². The van der Waals surface area contributed by atoms with Gasteiger partial charge in [0, 0.05) is 30.1 Å². The van der Waals surface area contributed by atoms with E-state index in [1.165, 1.54) is 6.07 Å². The summed E-state index contributed by atoms with van der Waals surface area (Å²) in [7, 11) is 0. The molecule has 0 bridgehead atoms. The fraction of sp³-hybridized carbons (Fsp3) is 0.138. The summed E-state index contributed by atoms with van der Waals surface area (Å²) in [5, 5.41) is 2.31. The molecule has 0 saturated carbocycles. The molecule has 1 aliphatic rings. The summed E-state index contributed by atoms with van der Waals surface area (Å²) in [6.07, 6.45) is 2.16. The number of hydrogen-bond donors (Lipinski definition) is 0. The van der Waals surface area contributed by atoms with Gasteiger partial charge in [-0.15, -0.1) is 6.58 Å². The van der Waals surface area contributed by atoms with Gasteiger partial charge in [0.2, 0.25) is 5.91 Å². The second-order valence-electron chi connectivity index (χ2n) is 8.22. The Morgan fingerprint density at radius 2 is 1.73 bits per heavy atom. The van der Waals surface area contributed by atoms with Crippen LogP contribution in [0.25, 0.3) is 10.8 Å². The second-order valence-corrected chi connectivity index (χ2v) is 8.22. The topological polar surface area (TPSA) is 29.5 Å². The lowest BCUT2D eigenvalue weighted by molar-refractivity contribution is -0.119. The largest absolute Gasteiger partial charge is 0.489 e. The quantitative estimate of drug-likeness (QED) is 0.318. The van der Waals surface area contributed by atoms with Crippen molar-refractivity contribution < 1.29 is 13.9 Å². The standard InChI is InChI=1S/C29H24FNO2/c1-2-17-31-27-16-13-20-7-3-5-9-24(20)29(27)25(18-28(31)32)21-11-14-23(15-12-21)33-19-22-8-4-6-10-26(22)30/h2-16,25H,1,17-19H2. The lowest BCUT2D eigenvalue weighted by Crippen LogP contribution is -2.37. The number of fused-ring (bicyclic) bond motifs is 3. The first kappa shape index (κ1) is 21.0. The Kier molecular flexibility index (Phi) is 5.66. The maximum atomic E-state index is 13.9. The summed E-state index contributed by atoms with van der Waals surface area (Å²) in [4.78, 5) is 14.9. The van der Waals surface area contributed by atoms with Gasteiger partial charge >= 0.3 is 0 Å². The Labute approximate surface area is 192 Å². The van der Waals surface area contributed by atoms with Crippen molar-refractivity contribution in [1.29, 1.82) is 0 Å². The second kappa shape index (κ2) is 8.91. The zero-order valence-electron chi connectivity index (χ0n) is 18.2. The van der Waals surface area contributed by atoms with Gasteiger partial charge in [-0.2, -0.15) is 0 Å². The fourth-order valence-electron chi connectivity index (χ4n) is 4.59. The molecule has 3 nitrogen and oxygen atoms in total. The minimum atomic E-state index is -0.276. The van der Waals surface area contributed by atoms with Crippen LogP contribution in [-0.4, -0.2) is 12.5 Å². The minimum absolute atomic E-state index is 0.0553. The summed E-state index contributed by atoms with van der Waals surface area (Å²) in [5.41, 5.74) is 3.67. The first-order chi connectivity index (χ1) is 16.2. The van der Waals surface area contributed by atoms with Crippen LogP contribution in [-0.2, 0) is 11.4 Å². The Hall–Kier alpha value is -3.92. The van der Waals surface area contributed by atoms with Gasteiger partial charge in [-0.05, 0) is 46.2 Å². The molecule has 164 valence electrons. The van der Waals surface area contributed by atoms with E-state index in [9.17, 15) is 9.18 Å². The fourth-order valence-corrected chi connectivity index (χ4v) is 4.59. The molecule has 1 heterocycles. The molecule has 0 fully saturated rings. The van der Waals surface area contributed by atoms with Crippen LogP contribution < -0.4 is 9.64 Å². The van der Waals surface area contributed by atoms with E-state index < -0.39 is 0 Å². The Bertz CT molecular complexity index is 1330. The third-order valence-corrected chi connectivity index (χ3v) is 6.21. The predicted octanol–water partition coefficient (Wildman–Crippen LogP) is 6.61. The van der Waals surface area contributed by atoms with E-state index in [2.05, 4.69) is 24.8 Å². The highest BCUT2D eigenvalue weighted by molar-refractivity contribution is 6.03. The van der Waals surface area contributed by atoms with Gasteiger partial charge in [-0.25, -0.2) is 4.39 Å². The number of amides is 1. The van der Waals surface area contributed by atoms with E-state index in [4.69, 9.17) is 4.74 Å². The normalized spacial score (nSPS) is 15.4. The van der Waals surface area contributed by atoms with Gasteiger partial charge in [0.05, 0.1) is 0 Å². The molecule has 0 aliphatic carbocycles. The number of nitrogens with zero attached hydrogens (tertiary/aromatic N) is 1. The third-order valence-electron chi connectivity index (χ3n) is 6.21. The number of rotatable bonds is 6. The number of carbonyl (C=O) groups is 1. The molecule has 0 saturated heterocycles. The molecule has 0 N–H and O–H groups in total. The first-order valence-electron chi connectivity index (χ1n) is 11.0. The van der Waals surface area contributed by atoms with E-state index in [0.29, 0.717) is 24.3 Å². The number of halogens is 1. The van der Waals surface area contributed by atoms with Crippen molar-refractivity contribution in [2.45, 2.75) is 18.9 Å². The van der Waals surface area contributed by atoms with Crippen LogP contribution in [0.2, 0.25) is 0 Å². The van der Waals surface area contributed by atoms with Crippen molar-refractivity contribution in [3.63, 3.8) is 0 Å². The molecule has 4 aromatic rings. The number of ether oxygens (including phenoxy) is 1. The molecule has 1 atom stereocenters. The van der Waals surface area contributed by atoms with Crippen LogP contribution in [0.1, 0.15) is 29.0 Å². The van der Waals surface area contributed by atoms with Crippen LogP contribution in [0.3, 0.4) is 0 Å². The van der Waals surface area contributed by atoms with Crippen LogP contribution in [0.4, 0.5) is 10.1 Å². The lowest BCUT2D eigenvalue weighted by atomic mass is 9.81. The number of carbonyl (C=O) groups excluding carboxylic acids is 1. The van der Waals surface area contributed by atoms with Gasteiger partial charge in [-0.1, -0.05) is 66.7 Å². The van der Waals surface area contributed by atoms with E-state index in [1.54, 1.807) is 24.3 Å². The maximum absolute atomic E-state index is 13.9. The van der Waals surface area contributed by atoms with Gasteiger partial charge in [0.25, 0.3) is 0 Å².